The first-order chi connectivity index (χ1) is 10.4. The number of aryl methyl sites for hydroxylation is 1. The van der Waals surface area contributed by atoms with Crippen molar-refractivity contribution >= 4 is 27.3 Å². The Morgan fingerprint density at radius 3 is 2.73 bits per heavy atom. The van der Waals surface area contributed by atoms with E-state index in [2.05, 4.69) is 4.72 Å². The predicted octanol–water partition coefficient (Wildman–Crippen LogP) is 2.19. The van der Waals surface area contributed by atoms with Crippen molar-refractivity contribution in [3.05, 3.63) is 57.5 Å². The lowest BCUT2D eigenvalue weighted by Gasteiger charge is -2.10. The summed E-state index contributed by atoms with van der Waals surface area (Å²) >= 11 is 5.89. The highest BCUT2D eigenvalue weighted by Crippen LogP contribution is 2.24. The van der Waals surface area contributed by atoms with Crippen LogP contribution >= 0.6 is 11.6 Å². The van der Waals surface area contributed by atoms with E-state index in [-0.39, 0.29) is 21.2 Å². The van der Waals surface area contributed by atoms with E-state index >= 15 is 0 Å². The molecular formula is C14H12ClN3O3S. The summed E-state index contributed by atoms with van der Waals surface area (Å²) in [7, 11) is -4.07. The minimum atomic E-state index is -4.07. The molecular weight excluding hydrogens is 326 g/mol. The molecule has 0 saturated carbocycles. The van der Waals surface area contributed by atoms with Crippen molar-refractivity contribution < 1.29 is 8.42 Å². The summed E-state index contributed by atoms with van der Waals surface area (Å²) in [6, 6.07) is 8.67. The Morgan fingerprint density at radius 2 is 2.09 bits per heavy atom. The minimum absolute atomic E-state index is 0.0294. The Labute approximate surface area is 132 Å². The Kier molecular flexibility index (Phi) is 4.54. The van der Waals surface area contributed by atoms with E-state index in [1.807, 2.05) is 6.07 Å². The van der Waals surface area contributed by atoms with Gasteiger partial charge in [-0.05, 0) is 37.3 Å². The average molecular weight is 338 g/mol. The maximum atomic E-state index is 12.4. The molecule has 1 aromatic heterocycles. The molecule has 22 heavy (non-hydrogen) atoms. The predicted molar refractivity (Wildman–Crippen MR) is 83.4 cm³/mol. The standard InChI is InChI=1S/C14H12ClN3O3S/c1-2-18-7-3-4-12(14(18)19)17-22(20,21)13-8-10(9-16)5-6-11(13)15/h3-8,17H,2H2,1H3. The summed E-state index contributed by atoms with van der Waals surface area (Å²) in [6.45, 7) is 2.19. The fourth-order valence-corrected chi connectivity index (χ4v) is 3.43. The third-order valence-electron chi connectivity index (χ3n) is 2.96. The highest BCUT2D eigenvalue weighted by Gasteiger charge is 2.20. The summed E-state index contributed by atoms with van der Waals surface area (Å²) in [6.07, 6.45) is 1.56. The molecule has 0 spiro atoms. The first-order valence-electron chi connectivity index (χ1n) is 6.31. The molecule has 0 fully saturated rings. The molecule has 0 radical (unpaired) electrons. The van der Waals surface area contributed by atoms with E-state index in [0.29, 0.717) is 6.54 Å². The zero-order valence-corrected chi connectivity index (χ0v) is 13.1. The van der Waals surface area contributed by atoms with E-state index in [1.165, 1.54) is 22.8 Å². The molecule has 0 saturated heterocycles. The zero-order valence-electron chi connectivity index (χ0n) is 11.6. The second-order valence-electron chi connectivity index (χ2n) is 4.38. The number of nitrogens with zero attached hydrogens (tertiary/aromatic N) is 2. The third kappa shape index (κ3) is 3.13. The van der Waals surface area contributed by atoms with Crippen LogP contribution in [0.4, 0.5) is 5.69 Å². The first-order valence-corrected chi connectivity index (χ1v) is 8.17. The molecule has 0 bridgehead atoms. The fraction of sp³-hybridized carbons (Fsp3) is 0.143. The monoisotopic (exact) mass is 337 g/mol. The number of benzene rings is 1. The van der Waals surface area contributed by atoms with Crippen LogP contribution in [-0.2, 0) is 16.6 Å². The number of hydrogen-bond donors (Lipinski definition) is 1. The third-order valence-corrected chi connectivity index (χ3v) is 4.80. The molecule has 1 aromatic carbocycles. The first kappa shape index (κ1) is 16.1. The molecule has 114 valence electrons. The SMILES string of the molecule is CCn1cccc(NS(=O)(=O)c2cc(C#N)ccc2Cl)c1=O. The number of pyridine rings is 1. The van der Waals surface area contributed by atoms with Crippen molar-refractivity contribution in [2.75, 3.05) is 4.72 Å². The lowest BCUT2D eigenvalue weighted by molar-refractivity contribution is 0.601. The second-order valence-corrected chi connectivity index (χ2v) is 6.43. The van der Waals surface area contributed by atoms with Gasteiger partial charge in [0.25, 0.3) is 15.6 Å². The molecule has 0 aliphatic heterocycles. The quantitative estimate of drug-likeness (QED) is 0.925. The van der Waals surface area contributed by atoms with Crippen LogP contribution in [-0.4, -0.2) is 13.0 Å². The maximum Gasteiger partial charge on any atom is 0.274 e. The molecule has 0 aliphatic rings. The summed E-state index contributed by atoms with van der Waals surface area (Å²) in [5.41, 5.74) is -0.382. The number of nitrogens with one attached hydrogen (secondary N) is 1. The van der Waals surface area contributed by atoms with E-state index in [1.54, 1.807) is 19.2 Å². The number of sulfonamides is 1. The highest BCUT2D eigenvalue weighted by molar-refractivity contribution is 7.92. The lowest BCUT2D eigenvalue weighted by atomic mass is 10.2. The number of rotatable bonds is 4. The Balaban J connectivity index is 2.50. The minimum Gasteiger partial charge on any atom is -0.314 e. The van der Waals surface area contributed by atoms with Gasteiger partial charge >= 0.3 is 0 Å². The Hall–Kier alpha value is -2.30. The van der Waals surface area contributed by atoms with Gasteiger partial charge in [0.05, 0.1) is 16.7 Å². The maximum absolute atomic E-state index is 12.4. The van der Waals surface area contributed by atoms with Gasteiger partial charge in [0.2, 0.25) is 0 Å². The molecule has 8 heteroatoms. The normalized spacial score (nSPS) is 11.0. The van der Waals surface area contributed by atoms with Crippen LogP contribution in [0.1, 0.15) is 12.5 Å². The van der Waals surface area contributed by atoms with E-state index in [9.17, 15) is 13.2 Å². The van der Waals surface area contributed by atoms with Crippen molar-refractivity contribution in [1.29, 1.82) is 5.26 Å². The summed E-state index contributed by atoms with van der Waals surface area (Å²) in [4.78, 5) is 11.8. The largest absolute Gasteiger partial charge is 0.314 e. The molecule has 0 aliphatic carbocycles. The van der Waals surface area contributed by atoms with Gasteiger partial charge in [-0.1, -0.05) is 11.6 Å². The Bertz CT molecular complexity index is 914. The van der Waals surface area contributed by atoms with Gasteiger partial charge in [-0.3, -0.25) is 9.52 Å². The summed E-state index contributed by atoms with van der Waals surface area (Å²) < 4.78 is 28.4. The van der Waals surface area contributed by atoms with Gasteiger partial charge in [-0.15, -0.1) is 0 Å². The summed E-state index contributed by atoms with van der Waals surface area (Å²) in [5.74, 6) is 0. The smallest absolute Gasteiger partial charge is 0.274 e. The molecule has 2 aromatic rings. The van der Waals surface area contributed by atoms with Crippen LogP contribution in [0.15, 0.2) is 46.2 Å². The van der Waals surface area contributed by atoms with Crippen molar-refractivity contribution in [3.63, 3.8) is 0 Å². The van der Waals surface area contributed by atoms with Crippen molar-refractivity contribution in [3.8, 4) is 6.07 Å². The van der Waals surface area contributed by atoms with E-state index in [4.69, 9.17) is 16.9 Å². The van der Waals surface area contributed by atoms with Crippen molar-refractivity contribution in [1.82, 2.24) is 4.57 Å². The topological polar surface area (TPSA) is 92.0 Å². The van der Waals surface area contributed by atoms with Crippen LogP contribution in [0.2, 0.25) is 5.02 Å². The van der Waals surface area contributed by atoms with Gasteiger partial charge in [-0.2, -0.15) is 5.26 Å². The van der Waals surface area contributed by atoms with Crippen LogP contribution in [0, 0.1) is 11.3 Å². The molecule has 0 unspecified atom stereocenters. The highest BCUT2D eigenvalue weighted by atomic mass is 35.5. The number of hydrogen-bond acceptors (Lipinski definition) is 4. The fourth-order valence-electron chi connectivity index (χ4n) is 1.84. The molecule has 6 nitrogen and oxygen atoms in total. The molecule has 1 N–H and O–H groups in total. The number of nitriles is 1. The van der Waals surface area contributed by atoms with Gasteiger partial charge in [0.1, 0.15) is 10.6 Å². The lowest BCUT2D eigenvalue weighted by Crippen LogP contribution is -2.25. The van der Waals surface area contributed by atoms with Crippen LogP contribution in [0.25, 0.3) is 0 Å². The number of halogens is 1. The van der Waals surface area contributed by atoms with Crippen LogP contribution < -0.4 is 10.3 Å². The van der Waals surface area contributed by atoms with Gasteiger partial charge in [0.15, 0.2) is 0 Å². The van der Waals surface area contributed by atoms with E-state index in [0.717, 1.165) is 6.07 Å². The second kappa shape index (κ2) is 6.22. The van der Waals surface area contributed by atoms with Gasteiger partial charge in [-0.25, -0.2) is 8.42 Å². The molecule has 2 rings (SSSR count). The van der Waals surface area contributed by atoms with Crippen molar-refractivity contribution in [2.24, 2.45) is 0 Å². The number of anilines is 1. The zero-order chi connectivity index (χ0) is 16.3. The van der Waals surface area contributed by atoms with Crippen molar-refractivity contribution in [2.45, 2.75) is 18.4 Å². The number of aromatic nitrogens is 1. The molecule has 0 atom stereocenters. The van der Waals surface area contributed by atoms with Gasteiger partial charge in [0, 0.05) is 12.7 Å². The average Bonchev–Trinajstić information content (AvgIpc) is 2.49. The summed E-state index contributed by atoms with van der Waals surface area (Å²) in [5, 5.41) is 8.83. The van der Waals surface area contributed by atoms with E-state index < -0.39 is 15.6 Å². The molecule has 1 heterocycles. The molecule has 0 amide bonds. The van der Waals surface area contributed by atoms with Gasteiger partial charge < -0.3 is 4.57 Å². The Morgan fingerprint density at radius 1 is 1.36 bits per heavy atom. The van der Waals surface area contributed by atoms with Crippen LogP contribution in [0.3, 0.4) is 0 Å². The van der Waals surface area contributed by atoms with Crippen LogP contribution in [0.5, 0.6) is 0 Å².